The van der Waals surface area contributed by atoms with Crippen molar-refractivity contribution in [1.82, 2.24) is 5.32 Å². The standard InChI is InChI=1S/C15H14N4O4/c1-18-6-4-10(5-7-18)13(17-15(16)21)9-11-8-12(19(22)23)2-3-14(11)20/h2-9H,1H3,(H3,16,17,21)/p+1. The SMILES string of the molecule is C[NH+]1C=CC(=C(C=C2C=C([N+](=O)[O-])C=CC2=O)NC(N)=O)C=C1. The van der Waals surface area contributed by atoms with E-state index in [1.807, 2.05) is 19.4 Å². The summed E-state index contributed by atoms with van der Waals surface area (Å²) in [6.07, 6.45) is 11.9. The van der Waals surface area contributed by atoms with Crippen LogP contribution in [0.1, 0.15) is 0 Å². The van der Waals surface area contributed by atoms with Gasteiger partial charge in [-0.3, -0.25) is 19.8 Å². The molecule has 2 rings (SSSR count). The van der Waals surface area contributed by atoms with Gasteiger partial charge >= 0.3 is 6.03 Å². The zero-order valence-electron chi connectivity index (χ0n) is 12.3. The van der Waals surface area contributed by atoms with Gasteiger partial charge in [0, 0.05) is 35.5 Å². The number of carbonyl (C=O) groups excluding carboxylic acids is 2. The van der Waals surface area contributed by atoms with Gasteiger partial charge in [-0.15, -0.1) is 0 Å². The number of carbonyl (C=O) groups is 2. The van der Waals surface area contributed by atoms with Crippen molar-refractivity contribution in [1.29, 1.82) is 0 Å². The number of hydrogen-bond donors (Lipinski definition) is 3. The Kier molecular flexibility index (Phi) is 4.67. The van der Waals surface area contributed by atoms with E-state index in [2.05, 4.69) is 5.32 Å². The van der Waals surface area contributed by atoms with E-state index in [0.29, 0.717) is 5.57 Å². The van der Waals surface area contributed by atoms with E-state index in [0.717, 1.165) is 23.1 Å². The van der Waals surface area contributed by atoms with Crippen LogP contribution < -0.4 is 16.0 Å². The van der Waals surface area contributed by atoms with Crippen LogP contribution in [0.2, 0.25) is 0 Å². The summed E-state index contributed by atoms with van der Waals surface area (Å²) in [6, 6.07) is -0.797. The van der Waals surface area contributed by atoms with Crippen LogP contribution >= 0.6 is 0 Å². The molecule has 0 saturated heterocycles. The molecule has 0 aromatic rings. The molecule has 2 aliphatic rings. The van der Waals surface area contributed by atoms with Gasteiger partial charge in [-0.05, 0) is 12.2 Å². The molecule has 2 amide bonds. The van der Waals surface area contributed by atoms with Crippen LogP contribution in [0.5, 0.6) is 0 Å². The highest BCUT2D eigenvalue weighted by Gasteiger charge is 2.18. The van der Waals surface area contributed by atoms with Crippen molar-refractivity contribution in [3.63, 3.8) is 0 Å². The summed E-state index contributed by atoms with van der Waals surface area (Å²) in [5.74, 6) is -0.397. The van der Waals surface area contributed by atoms with Gasteiger partial charge < -0.3 is 11.1 Å². The second kappa shape index (κ2) is 6.67. The minimum atomic E-state index is -0.797. The Labute approximate surface area is 131 Å². The van der Waals surface area contributed by atoms with E-state index >= 15 is 0 Å². The van der Waals surface area contributed by atoms with Crippen molar-refractivity contribution in [2.75, 3.05) is 7.05 Å². The van der Waals surface area contributed by atoms with E-state index < -0.39 is 16.7 Å². The minimum absolute atomic E-state index is 0.0866. The number of amides is 2. The third kappa shape index (κ3) is 4.11. The lowest BCUT2D eigenvalue weighted by atomic mass is 10.0. The summed E-state index contributed by atoms with van der Waals surface area (Å²) in [4.78, 5) is 34.3. The van der Waals surface area contributed by atoms with Crippen molar-refractivity contribution in [2.24, 2.45) is 5.73 Å². The number of rotatable bonds is 3. The maximum atomic E-state index is 11.9. The van der Waals surface area contributed by atoms with Crippen molar-refractivity contribution in [3.05, 3.63) is 81.5 Å². The largest absolute Gasteiger partial charge is 0.351 e. The highest BCUT2D eigenvalue weighted by molar-refractivity contribution is 6.08. The van der Waals surface area contributed by atoms with Gasteiger partial charge in [0.25, 0.3) is 5.70 Å². The first-order valence-corrected chi connectivity index (χ1v) is 6.67. The molecule has 1 aliphatic heterocycles. The molecule has 1 heterocycles. The van der Waals surface area contributed by atoms with Crippen LogP contribution in [-0.2, 0) is 4.79 Å². The predicted octanol–water partition coefficient (Wildman–Crippen LogP) is -0.310. The first kappa shape index (κ1) is 16.1. The monoisotopic (exact) mass is 315 g/mol. The number of nitrogens with zero attached hydrogens (tertiary/aromatic N) is 1. The number of allylic oxidation sites excluding steroid dienone is 8. The molecule has 118 valence electrons. The third-order valence-electron chi connectivity index (χ3n) is 3.12. The molecular formula is C15H15N4O4+. The normalized spacial score (nSPS) is 21.3. The van der Waals surface area contributed by atoms with Crippen LogP contribution in [0.4, 0.5) is 4.79 Å². The summed E-state index contributed by atoms with van der Waals surface area (Å²) in [5.41, 5.74) is 5.94. The van der Waals surface area contributed by atoms with Crippen LogP contribution in [0.15, 0.2) is 71.4 Å². The van der Waals surface area contributed by atoms with Crippen molar-refractivity contribution in [3.8, 4) is 0 Å². The Morgan fingerprint density at radius 2 is 1.96 bits per heavy atom. The second-order valence-electron chi connectivity index (χ2n) is 4.89. The van der Waals surface area contributed by atoms with Gasteiger partial charge in [-0.2, -0.15) is 0 Å². The van der Waals surface area contributed by atoms with E-state index in [1.54, 1.807) is 12.2 Å². The van der Waals surface area contributed by atoms with Gasteiger partial charge in [0.2, 0.25) is 0 Å². The fraction of sp³-hybridized carbons (Fsp3) is 0.0667. The Morgan fingerprint density at radius 1 is 1.30 bits per heavy atom. The molecule has 0 aromatic carbocycles. The summed E-state index contributed by atoms with van der Waals surface area (Å²) in [6.45, 7) is 0. The average molecular weight is 315 g/mol. The number of quaternary nitrogens is 1. The van der Waals surface area contributed by atoms with E-state index in [4.69, 9.17) is 5.73 Å². The second-order valence-corrected chi connectivity index (χ2v) is 4.89. The van der Waals surface area contributed by atoms with Crippen LogP contribution in [0, 0.1) is 10.1 Å². The fourth-order valence-electron chi connectivity index (χ4n) is 1.98. The third-order valence-corrected chi connectivity index (χ3v) is 3.12. The molecule has 0 aromatic heterocycles. The molecule has 0 radical (unpaired) electrons. The smallest absolute Gasteiger partial charge is 0.316 e. The highest BCUT2D eigenvalue weighted by Crippen LogP contribution is 2.17. The molecule has 8 nitrogen and oxygen atoms in total. The van der Waals surface area contributed by atoms with Crippen molar-refractivity contribution < 1.29 is 19.4 Å². The van der Waals surface area contributed by atoms with Crippen molar-refractivity contribution in [2.45, 2.75) is 0 Å². The zero-order chi connectivity index (χ0) is 17.0. The molecule has 8 heteroatoms. The molecule has 0 spiro atoms. The summed E-state index contributed by atoms with van der Waals surface area (Å²) < 4.78 is 0. The molecule has 4 N–H and O–H groups in total. The zero-order valence-corrected chi connectivity index (χ0v) is 12.3. The number of nitro groups is 1. The quantitative estimate of drug-likeness (QED) is 0.376. The topological polar surface area (TPSA) is 120 Å². The number of nitrogens with two attached hydrogens (primary N) is 1. The molecular weight excluding hydrogens is 300 g/mol. The maximum Gasteiger partial charge on any atom is 0.316 e. The van der Waals surface area contributed by atoms with Gasteiger partial charge in [0.1, 0.15) is 0 Å². The first-order chi connectivity index (χ1) is 10.9. The molecule has 0 fully saturated rings. The maximum absolute atomic E-state index is 11.9. The Morgan fingerprint density at radius 3 is 2.52 bits per heavy atom. The fourth-order valence-corrected chi connectivity index (χ4v) is 1.98. The Bertz CT molecular complexity index is 737. The summed E-state index contributed by atoms with van der Waals surface area (Å²) >= 11 is 0. The lowest BCUT2D eigenvalue weighted by Crippen LogP contribution is -2.99. The van der Waals surface area contributed by atoms with Crippen LogP contribution in [-0.4, -0.2) is 23.8 Å². The van der Waals surface area contributed by atoms with E-state index in [-0.39, 0.29) is 17.0 Å². The molecule has 1 aliphatic carbocycles. The van der Waals surface area contributed by atoms with E-state index in [1.165, 1.54) is 6.08 Å². The molecule has 0 bridgehead atoms. The summed E-state index contributed by atoms with van der Waals surface area (Å²) in [7, 11) is 1.91. The summed E-state index contributed by atoms with van der Waals surface area (Å²) in [5, 5.41) is 13.3. The van der Waals surface area contributed by atoms with Gasteiger partial charge in [-0.1, -0.05) is 0 Å². The minimum Gasteiger partial charge on any atom is -0.351 e. The number of ketones is 1. The predicted molar refractivity (Wildman–Crippen MR) is 82.2 cm³/mol. The van der Waals surface area contributed by atoms with Crippen LogP contribution in [0.25, 0.3) is 0 Å². The van der Waals surface area contributed by atoms with Crippen molar-refractivity contribution >= 4 is 11.8 Å². The highest BCUT2D eigenvalue weighted by atomic mass is 16.6. The Balaban J connectivity index is 2.47. The molecule has 0 unspecified atom stereocenters. The van der Waals surface area contributed by atoms with Gasteiger partial charge in [-0.25, -0.2) is 4.79 Å². The number of urea groups is 1. The first-order valence-electron chi connectivity index (χ1n) is 6.67. The molecule has 0 saturated carbocycles. The van der Waals surface area contributed by atoms with E-state index in [9.17, 15) is 19.7 Å². The Hall–Kier alpha value is -3.26. The lowest BCUT2D eigenvalue weighted by Gasteiger charge is -2.12. The van der Waals surface area contributed by atoms with Gasteiger partial charge in [0.05, 0.1) is 30.1 Å². The number of hydrogen-bond acceptors (Lipinski definition) is 4. The molecule has 0 atom stereocenters. The van der Waals surface area contributed by atoms with Crippen LogP contribution in [0.3, 0.4) is 0 Å². The number of primary amides is 1. The number of nitrogens with one attached hydrogen (secondary N) is 2. The lowest BCUT2D eigenvalue weighted by molar-refractivity contribution is -0.766. The molecule has 23 heavy (non-hydrogen) atoms. The van der Waals surface area contributed by atoms with Gasteiger partial charge in [0.15, 0.2) is 5.78 Å². The average Bonchev–Trinajstić information content (AvgIpc) is 2.48.